The monoisotopic (exact) mass is 251 g/mol. The summed E-state index contributed by atoms with van der Waals surface area (Å²) in [6.45, 7) is 5.79. The summed E-state index contributed by atoms with van der Waals surface area (Å²) >= 11 is 0. The maximum Gasteiger partial charge on any atom is 0.0967 e. The lowest BCUT2D eigenvalue weighted by molar-refractivity contribution is 0.184. The zero-order chi connectivity index (χ0) is 12.8. The number of nitrogens with two attached hydrogens (primary N) is 1. The molecule has 1 fully saturated rings. The third-order valence-electron chi connectivity index (χ3n) is 3.78. The lowest BCUT2D eigenvalue weighted by atomic mass is 10.1. The van der Waals surface area contributed by atoms with Crippen LogP contribution in [-0.2, 0) is 13.1 Å². The lowest BCUT2D eigenvalue weighted by Gasteiger charge is -2.28. The maximum atomic E-state index is 5.52. The van der Waals surface area contributed by atoms with Crippen LogP contribution >= 0.6 is 0 Å². The van der Waals surface area contributed by atoms with Crippen molar-refractivity contribution >= 4 is 0 Å². The first-order valence-corrected chi connectivity index (χ1v) is 7.16. The van der Waals surface area contributed by atoms with Crippen LogP contribution in [0.15, 0.2) is 6.20 Å². The number of hydrogen-bond acceptors (Lipinski definition) is 4. The highest BCUT2D eigenvalue weighted by molar-refractivity contribution is 4.93. The van der Waals surface area contributed by atoms with Crippen molar-refractivity contribution < 1.29 is 0 Å². The molecule has 2 rings (SSSR count). The van der Waals surface area contributed by atoms with Crippen molar-refractivity contribution in [2.75, 3.05) is 13.1 Å². The molecule has 1 aromatic rings. The third-order valence-corrected chi connectivity index (χ3v) is 3.78. The van der Waals surface area contributed by atoms with Gasteiger partial charge in [0.1, 0.15) is 0 Å². The minimum atomic E-state index is 0.615. The molecule has 2 N–H and O–H groups in total. The molecule has 102 valence electrons. The molecule has 0 amide bonds. The molecule has 0 bridgehead atoms. The highest BCUT2D eigenvalue weighted by atomic mass is 15.4. The van der Waals surface area contributed by atoms with Gasteiger partial charge >= 0.3 is 0 Å². The van der Waals surface area contributed by atoms with Crippen molar-refractivity contribution in [3.8, 4) is 0 Å². The molecule has 2 heterocycles. The third kappa shape index (κ3) is 3.53. The first kappa shape index (κ1) is 13.5. The van der Waals surface area contributed by atoms with Crippen molar-refractivity contribution in [1.29, 1.82) is 0 Å². The van der Waals surface area contributed by atoms with Crippen molar-refractivity contribution in [1.82, 2.24) is 19.9 Å². The van der Waals surface area contributed by atoms with Crippen LogP contribution < -0.4 is 5.73 Å². The maximum absolute atomic E-state index is 5.52. The Bertz CT molecular complexity index is 349. The van der Waals surface area contributed by atoms with E-state index in [0.29, 0.717) is 12.6 Å². The highest BCUT2D eigenvalue weighted by Gasteiger charge is 2.20. The number of nitrogens with zero attached hydrogens (tertiary/aromatic N) is 4. The van der Waals surface area contributed by atoms with Crippen LogP contribution in [0.5, 0.6) is 0 Å². The second-order valence-corrected chi connectivity index (χ2v) is 5.14. The van der Waals surface area contributed by atoms with E-state index in [-0.39, 0.29) is 0 Å². The SMILES string of the molecule is CCC1CCCCCN1Cc1cn(CCN)nn1. The summed E-state index contributed by atoms with van der Waals surface area (Å²) in [6.07, 6.45) is 8.64. The molecular weight excluding hydrogens is 226 g/mol. The largest absolute Gasteiger partial charge is 0.329 e. The van der Waals surface area contributed by atoms with Crippen LogP contribution in [-0.4, -0.2) is 39.0 Å². The molecule has 5 heteroatoms. The van der Waals surface area contributed by atoms with Gasteiger partial charge in [-0.25, -0.2) is 0 Å². The number of hydrogen-bond donors (Lipinski definition) is 1. The predicted molar refractivity (Wildman–Crippen MR) is 72.0 cm³/mol. The number of aromatic nitrogens is 3. The van der Waals surface area contributed by atoms with Crippen LogP contribution in [0, 0.1) is 0 Å². The number of likely N-dealkylation sites (tertiary alicyclic amines) is 1. The van der Waals surface area contributed by atoms with Gasteiger partial charge in [0.25, 0.3) is 0 Å². The Kier molecular flexibility index (Phi) is 5.13. The van der Waals surface area contributed by atoms with Gasteiger partial charge in [-0.1, -0.05) is 25.0 Å². The molecule has 18 heavy (non-hydrogen) atoms. The highest BCUT2D eigenvalue weighted by Crippen LogP contribution is 2.20. The summed E-state index contributed by atoms with van der Waals surface area (Å²) in [5.41, 5.74) is 6.59. The smallest absolute Gasteiger partial charge is 0.0967 e. The molecular formula is C13H25N5. The van der Waals surface area contributed by atoms with Crippen molar-refractivity contribution in [2.24, 2.45) is 5.73 Å². The first-order valence-electron chi connectivity index (χ1n) is 7.16. The fraction of sp³-hybridized carbons (Fsp3) is 0.846. The summed E-state index contributed by atoms with van der Waals surface area (Å²) in [4.78, 5) is 2.57. The van der Waals surface area contributed by atoms with E-state index in [1.807, 2.05) is 10.9 Å². The van der Waals surface area contributed by atoms with Crippen LogP contribution in [0.25, 0.3) is 0 Å². The van der Waals surface area contributed by atoms with Gasteiger partial charge in [0, 0.05) is 25.3 Å². The first-order chi connectivity index (χ1) is 8.83. The normalized spacial score (nSPS) is 22.0. The second-order valence-electron chi connectivity index (χ2n) is 5.14. The molecule has 1 atom stereocenters. The average molecular weight is 251 g/mol. The van der Waals surface area contributed by atoms with Gasteiger partial charge in [0.05, 0.1) is 12.2 Å². The Labute approximate surface area is 109 Å². The van der Waals surface area contributed by atoms with Gasteiger partial charge in [0.15, 0.2) is 0 Å². The average Bonchev–Trinajstić information content (AvgIpc) is 2.69. The molecule has 1 saturated heterocycles. The van der Waals surface area contributed by atoms with Crippen LogP contribution in [0.4, 0.5) is 0 Å². The van der Waals surface area contributed by atoms with Gasteiger partial charge in [-0.15, -0.1) is 5.10 Å². The molecule has 1 unspecified atom stereocenters. The van der Waals surface area contributed by atoms with Crippen molar-refractivity contribution in [3.63, 3.8) is 0 Å². The fourth-order valence-corrected chi connectivity index (χ4v) is 2.77. The second kappa shape index (κ2) is 6.85. The van der Waals surface area contributed by atoms with Gasteiger partial charge in [0.2, 0.25) is 0 Å². The van der Waals surface area contributed by atoms with Gasteiger partial charge < -0.3 is 5.73 Å². The van der Waals surface area contributed by atoms with Gasteiger partial charge in [-0.2, -0.15) is 0 Å². The van der Waals surface area contributed by atoms with E-state index >= 15 is 0 Å². The molecule has 1 aromatic heterocycles. The molecule has 0 spiro atoms. The number of rotatable bonds is 5. The molecule has 0 aromatic carbocycles. The molecule has 0 saturated carbocycles. The van der Waals surface area contributed by atoms with Gasteiger partial charge in [-0.05, 0) is 25.8 Å². The van der Waals surface area contributed by atoms with Crippen molar-refractivity contribution in [3.05, 3.63) is 11.9 Å². The topological polar surface area (TPSA) is 60.0 Å². The zero-order valence-electron chi connectivity index (χ0n) is 11.4. The summed E-state index contributed by atoms with van der Waals surface area (Å²) in [5.74, 6) is 0. The van der Waals surface area contributed by atoms with Crippen LogP contribution in [0.3, 0.4) is 0 Å². The van der Waals surface area contributed by atoms with Crippen LogP contribution in [0.2, 0.25) is 0 Å². The minimum absolute atomic E-state index is 0.615. The van der Waals surface area contributed by atoms with Gasteiger partial charge in [-0.3, -0.25) is 9.58 Å². The fourth-order valence-electron chi connectivity index (χ4n) is 2.77. The molecule has 0 aliphatic carbocycles. The minimum Gasteiger partial charge on any atom is -0.329 e. The van der Waals surface area contributed by atoms with E-state index in [4.69, 9.17) is 5.73 Å². The molecule has 0 radical (unpaired) electrons. The quantitative estimate of drug-likeness (QED) is 0.859. The van der Waals surface area contributed by atoms with E-state index < -0.39 is 0 Å². The summed E-state index contributed by atoms with van der Waals surface area (Å²) < 4.78 is 1.84. The van der Waals surface area contributed by atoms with E-state index in [0.717, 1.165) is 18.8 Å². The summed E-state index contributed by atoms with van der Waals surface area (Å²) in [5, 5.41) is 8.35. The Balaban J connectivity index is 1.96. The summed E-state index contributed by atoms with van der Waals surface area (Å²) in [6, 6.07) is 0.715. The Morgan fingerprint density at radius 1 is 1.39 bits per heavy atom. The predicted octanol–water partition coefficient (Wildman–Crippen LogP) is 1.39. The standard InChI is InChI=1S/C13H25N5/c1-2-13-6-4-3-5-8-17(13)10-12-11-18(9-7-14)16-15-12/h11,13H,2-10,14H2,1H3. The molecule has 1 aliphatic rings. The Hall–Kier alpha value is -0.940. The lowest BCUT2D eigenvalue weighted by Crippen LogP contribution is -2.33. The Morgan fingerprint density at radius 3 is 3.06 bits per heavy atom. The van der Waals surface area contributed by atoms with Crippen molar-refractivity contribution in [2.45, 2.75) is 58.2 Å². The molecule has 1 aliphatic heterocycles. The van der Waals surface area contributed by atoms with E-state index in [1.165, 1.54) is 38.6 Å². The van der Waals surface area contributed by atoms with Crippen LogP contribution in [0.1, 0.15) is 44.7 Å². The van der Waals surface area contributed by atoms with E-state index in [2.05, 4.69) is 22.1 Å². The Morgan fingerprint density at radius 2 is 2.28 bits per heavy atom. The zero-order valence-corrected chi connectivity index (χ0v) is 11.4. The summed E-state index contributed by atoms with van der Waals surface area (Å²) in [7, 11) is 0. The van der Waals surface area contributed by atoms with E-state index in [1.54, 1.807) is 0 Å². The molecule has 5 nitrogen and oxygen atoms in total. The van der Waals surface area contributed by atoms with E-state index in [9.17, 15) is 0 Å².